The molecular formula is C11H15N5S. The molecule has 0 aliphatic rings. The van der Waals surface area contributed by atoms with E-state index in [0.717, 1.165) is 10.7 Å². The van der Waals surface area contributed by atoms with E-state index in [1.807, 2.05) is 30.7 Å². The Balaban J connectivity index is 2.22. The first-order chi connectivity index (χ1) is 8.18. The van der Waals surface area contributed by atoms with Crippen molar-refractivity contribution in [2.45, 2.75) is 23.4 Å². The number of hydrogen-bond donors (Lipinski definition) is 1. The zero-order valence-corrected chi connectivity index (χ0v) is 10.6. The molecule has 2 rings (SSSR count). The van der Waals surface area contributed by atoms with Crippen molar-refractivity contribution in [3.8, 4) is 0 Å². The first-order valence-corrected chi connectivity index (χ1v) is 6.22. The normalized spacial score (nSPS) is 14.5. The average molecular weight is 249 g/mol. The molecule has 2 atom stereocenters. The lowest BCUT2D eigenvalue weighted by Crippen LogP contribution is -2.22. The smallest absolute Gasteiger partial charge is 0.191 e. The third-order valence-electron chi connectivity index (χ3n) is 2.41. The number of thioether (sulfide) groups is 1. The molecule has 0 saturated carbocycles. The second kappa shape index (κ2) is 5.29. The average Bonchev–Trinajstić information content (AvgIpc) is 2.72. The van der Waals surface area contributed by atoms with Crippen LogP contribution < -0.4 is 5.73 Å². The van der Waals surface area contributed by atoms with Crippen molar-refractivity contribution >= 4 is 11.8 Å². The molecule has 0 spiro atoms. The van der Waals surface area contributed by atoms with E-state index in [1.165, 1.54) is 0 Å². The van der Waals surface area contributed by atoms with E-state index >= 15 is 0 Å². The summed E-state index contributed by atoms with van der Waals surface area (Å²) >= 11 is 1.62. The highest BCUT2D eigenvalue weighted by molar-refractivity contribution is 7.99. The van der Waals surface area contributed by atoms with Gasteiger partial charge in [-0.25, -0.2) is 0 Å². The number of nitrogens with zero attached hydrogens (tertiary/aromatic N) is 4. The van der Waals surface area contributed by atoms with Crippen molar-refractivity contribution in [1.29, 1.82) is 0 Å². The Morgan fingerprint density at radius 1 is 1.35 bits per heavy atom. The van der Waals surface area contributed by atoms with E-state index in [-0.39, 0.29) is 11.3 Å². The van der Waals surface area contributed by atoms with Crippen molar-refractivity contribution in [3.05, 3.63) is 36.4 Å². The van der Waals surface area contributed by atoms with Gasteiger partial charge in [-0.1, -0.05) is 11.8 Å². The Morgan fingerprint density at radius 3 is 2.59 bits per heavy atom. The summed E-state index contributed by atoms with van der Waals surface area (Å²) < 4.78 is 1.89. The fourth-order valence-electron chi connectivity index (χ4n) is 1.52. The van der Waals surface area contributed by atoms with Crippen molar-refractivity contribution in [2.75, 3.05) is 0 Å². The van der Waals surface area contributed by atoms with Gasteiger partial charge in [0.05, 0.1) is 5.25 Å². The Kier molecular flexibility index (Phi) is 3.75. The molecule has 2 aromatic heterocycles. The van der Waals surface area contributed by atoms with Gasteiger partial charge in [0.2, 0.25) is 0 Å². The summed E-state index contributed by atoms with van der Waals surface area (Å²) in [6.45, 7) is 1.99. The van der Waals surface area contributed by atoms with Gasteiger partial charge in [-0.3, -0.25) is 4.98 Å². The van der Waals surface area contributed by atoms with Gasteiger partial charge >= 0.3 is 0 Å². The maximum Gasteiger partial charge on any atom is 0.191 e. The van der Waals surface area contributed by atoms with Crippen LogP contribution in [0.2, 0.25) is 0 Å². The Labute approximate surface area is 104 Å². The molecule has 17 heavy (non-hydrogen) atoms. The van der Waals surface area contributed by atoms with Crippen LogP contribution >= 0.6 is 11.8 Å². The zero-order valence-electron chi connectivity index (χ0n) is 9.82. The van der Waals surface area contributed by atoms with Gasteiger partial charge < -0.3 is 10.3 Å². The number of pyridine rings is 1. The van der Waals surface area contributed by atoms with Gasteiger partial charge in [0, 0.05) is 25.5 Å². The van der Waals surface area contributed by atoms with Crippen LogP contribution in [0.3, 0.4) is 0 Å². The molecule has 0 bridgehead atoms. The van der Waals surface area contributed by atoms with Crippen LogP contribution in [-0.4, -0.2) is 25.8 Å². The lowest BCUT2D eigenvalue weighted by atomic mass is 10.1. The summed E-state index contributed by atoms with van der Waals surface area (Å²) in [5, 5.41) is 8.95. The Hall–Kier alpha value is -1.40. The highest BCUT2D eigenvalue weighted by atomic mass is 32.2. The summed E-state index contributed by atoms with van der Waals surface area (Å²) in [5.41, 5.74) is 7.19. The molecule has 2 N–H and O–H groups in total. The lowest BCUT2D eigenvalue weighted by molar-refractivity contribution is 0.708. The maximum absolute atomic E-state index is 6.04. The predicted molar refractivity (Wildman–Crippen MR) is 67.5 cm³/mol. The summed E-state index contributed by atoms with van der Waals surface area (Å²) in [7, 11) is 1.92. The van der Waals surface area contributed by atoms with E-state index < -0.39 is 0 Å². The van der Waals surface area contributed by atoms with Crippen LogP contribution in [0.15, 0.2) is 36.0 Å². The molecule has 6 heteroatoms. The molecule has 0 radical (unpaired) electrons. The zero-order chi connectivity index (χ0) is 12.3. The second-order valence-corrected chi connectivity index (χ2v) is 5.01. The second-order valence-electron chi connectivity index (χ2n) is 3.90. The standard InChI is InChI=1S/C11H15N5S/c1-8(12)10(9-3-5-13-6-4-9)17-11-15-14-7-16(11)2/h3-8,10H,12H2,1-2H3. The van der Waals surface area contributed by atoms with E-state index in [9.17, 15) is 0 Å². The fraction of sp³-hybridized carbons (Fsp3) is 0.364. The summed E-state index contributed by atoms with van der Waals surface area (Å²) in [4.78, 5) is 4.02. The number of nitrogens with two attached hydrogens (primary N) is 1. The van der Waals surface area contributed by atoms with Crippen molar-refractivity contribution in [2.24, 2.45) is 12.8 Å². The molecule has 2 heterocycles. The van der Waals surface area contributed by atoms with Crippen LogP contribution in [0.5, 0.6) is 0 Å². The highest BCUT2D eigenvalue weighted by Crippen LogP contribution is 2.35. The molecule has 5 nitrogen and oxygen atoms in total. The van der Waals surface area contributed by atoms with Crippen LogP contribution in [0.1, 0.15) is 17.7 Å². The van der Waals surface area contributed by atoms with E-state index in [2.05, 4.69) is 15.2 Å². The van der Waals surface area contributed by atoms with Crippen molar-refractivity contribution in [1.82, 2.24) is 19.7 Å². The third-order valence-corrected chi connectivity index (χ3v) is 3.95. The van der Waals surface area contributed by atoms with Gasteiger partial charge in [-0.2, -0.15) is 0 Å². The Morgan fingerprint density at radius 2 is 2.06 bits per heavy atom. The summed E-state index contributed by atoms with van der Waals surface area (Å²) in [6.07, 6.45) is 5.25. The first kappa shape index (κ1) is 12.1. The predicted octanol–water partition coefficient (Wildman–Crippen LogP) is 1.39. The molecular weight excluding hydrogens is 234 g/mol. The molecule has 90 valence electrons. The summed E-state index contributed by atoms with van der Waals surface area (Å²) in [5.74, 6) is 0. The minimum Gasteiger partial charge on any atom is -0.327 e. The quantitative estimate of drug-likeness (QED) is 0.829. The molecule has 0 fully saturated rings. The van der Waals surface area contributed by atoms with E-state index in [4.69, 9.17) is 5.73 Å². The topological polar surface area (TPSA) is 69.6 Å². The van der Waals surface area contributed by atoms with Crippen LogP contribution in [0.25, 0.3) is 0 Å². The van der Waals surface area contributed by atoms with Gasteiger partial charge in [0.25, 0.3) is 0 Å². The van der Waals surface area contributed by atoms with Crippen LogP contribution in [0, 0.1) is 0 Å². The molecule has 2 unspecified atom stereocenters. The molecule has 0 aliphatic heterocycles. The maximum atomic E-state index is 6.04. The van der Waals surface area contributed by atoms with Crippen LogP contribution in [0.4, 0.5) is 0 Å². The third kappa shape index (κ3) is 2.83. The largest absolute Gasteiger partial charge is 0.327 e. The van der Waals surface area contributed by atoms with Gasteiger partial charge in [-0.15, -0.1) is 10.2 Å². The Bertz CT molecular complexity index is 468. The minimum absolute atomic E-state index is 0.0269. The summed E-state index contributed by atoms with van der Waals surface area (Å²) in [6, 6.07) is 3.99. The van der Waals surface area contributed by atoms with Gasteiger partial charge in [-0.05, 0) is 24.6 Å². The SMILES string of the molecule is CC(N)C(Sc1nncn1C)c1ccncc1. The van der Waals surface area contributed by atoms with Crippen molar-refractivity contribution in [3.63, 3.8) is 0 Å². The highest BCUT2D eigenvalue weighted by Gasteiger charge is 2.19. The number of aromatic nitrogens is 4. The first-order valence-electron chi connectivity index (χ1n) is 5.34. The molecule has 0 aliphatic carbocycles. The molecule has 0 aromatic carbocycles. The van der Waals surface area contributed by atoms with Gasteiger partial charge in [0.15, 0.2) is 5.16 Å². The lowest BCUT2D eigenvalue weighted by Gasteiger charge is -2.19. The van der Waals surface area contributed by atoms with Gasteiger partial charge in [0.1, 0.15) is 6.33 Å². The monoisotopic (exact) mass is 249 g/mol. The minimum atomic E-state index is 0.0269. The molecule has 0 saturated heterocycles. The van der Waals surface area contributed by atoms with E-state index in [0.29, 0.717) is 0 Å². The molecule has 2 aromatic rings. The number of hydrogen-bond acceptors (Lipinski definition) is 5. The van der Waals surface area contributed by atoms with Crippen LogP contribution in [-0.2, 0) is 7.05 Å². The van der Waals surface area contributed by atoms with Crippen molar-refractivity contribution < 1.29 is 0 Å². The number of rotatable bonds is 4. The fourth-order valence-corrected chi connectivity index (χ4v) is 2.57. The van der Waals surface area contributed by atoms with E-state index in [1.54, 1.807) is 30.5 Å². The molecule has 0 amide bonds. The number of aryl methyl sites for hydroxylation is 1.